The van der Waals surface area contributed by atoms with Crippen molar-refractivity contribution in [3.63, 3.8) is 0 Å². The van der Waals surface area contributed by atoms with Gasteiger partial charge in [0.15, 0.2) is 0 Å². The second-order valence-electron chi connectivity index (χ2n) is 6.14. The summed E-state index contributed by atoms with van der Waals surface area (Å²) in [6.07, 6.45) is 1.74. The number of benzene rings is 1. The molecular formula is C19H25FN2O. The summed E-state index contributed by atoms with van der Waals surface area (Å²) in [5.41, 5.74) is 3.05. The van der Waals surface area contributed by atoms with Gasteiger partial charge in [0.05, 0.1) is 0 Å². The normalized spacial score (nSPS) is 16.8. The van der Waals surface area contributed by atoms with Crippen molar-refractivity contribution in [3.05, 3.63) is 53.4 Å². The summed E-state index contributed by atoms with van der Waals surface area (Å²) in [7, 11) is 0. The number of piperidine rings is 1. The lowest BCUT2D eigenvalue weighted by molar-refractivity contribution is 0.130. The Hall–Kier alpha value is -2.10. The van der Waals surface area contributed by atoms with Crippen molar-refractivity contribution in [2.45, 2.75) is 39.7 Å². The highest BCUT2D eigenvalue weighted by molar-refractivity contribution is 5.96. The molecule has 2 rings (SSSR count). The van der Waals surface area contributed by atoms with E-state index in [1.807, 2.05) is 20.8 Å². The highest BCUT2D eigenvalue weighted by atomic mass is 19.1. The van der Waals surface area contributed by atoms with Crippen molar-refractivity contribution in [2.24, 2.45) is 0 Å². The number of allylic oxidation sites excluding steroid dienone is 2. The maximum Gasteiger partial charge on any atom is 0.126 e. The zero-order valence-corrected chi connectivity index (χ0v) is 14.2. The highest BCUT2D eigenvalue weighted by Crippen LogP contribution is 2.22. The lowest BCUT2D eigenvalue weighted by Crippen LogP contribution is -2.42. The van der Waals surface area contributed by atoms with Crippen molar-refractivity contribution in [1.82, 2.24) is 4.90 Å². The molecule has 0 radical (unpaired) electrons. The van der Waals surface area contributed by atoms with Gasteiger partial charge in [0.25, 0.3) is 0 Å². The van der Waals surface area contributed by atoms with Crippen LogP contribution in [0.5, 0.6) is 5.75 Å². The van der Waals surface area contributed by atoms with E-state index in [0.717, 1.165) is 42.7 Å². The van der Waals surface area contributed by atoms with E-state index in [-0.39, 0.29) is 11.9 Å². The molecule has 0 unspecified atom stereocenters. The fourth-order valence-corrected chi connectivity index (χ4v) is 2.66. The molecule has 124 valence electrons. The molecule has 1 heterocycles. The summed E-state index contributed by atoms with van der Waals surface area (Å²) in [5, 5.41) is 8.36. The summed E-state index contributed by atoms with van der Waals surface area (Å²) < 4.78 is 19.0. The zero-order valence-electron chi connectivity index (χ0n) is 14.2. The molecule has 1 aliphatic heterocycles. The van der Waals surface area contributed by atoms with Gasteiger partial charge in [0, 0.05) is 32.0 Å². The third kappa shape index (κ3) is 4.44. The first-order valence-corrected chi connectivity index (χ1v) is 7.98. The summed E-state index contributed by atoms with van der Waals surface area (Å²) in [6.45, 7) is 11.4. The van der Waals surface area contributed by atoms with Gasteiger partial charge in [-0.05, 0) is 44.1 Å². The van der Waals surface area contributed by atoms with Crippen LogP contribution >= 0.6 is 0 Å². The number of nitrogens with zero attached hydrogens (tertiary/aromatic N) is 1. The van der Waals surface area contributed by atoms with E-state index in [1.54, 1.807) is 12.1 Å². The van der Waals surface area contributed by atoms with E-state index in [9.17, 15) is 4.39 Å². The van der Waals surface area contributed by atoms with Crippen LogP contribution in [0.25, 0.3) is 0 Å². The number of hydrogen-bond donors (Lipinski definition) is 1. The molecule has 0 atom stereocenters. The van der Waals surface area contributed by atoms with E-state index < -0.39 is 0 Å². The number of amidine groups is 1. The van der Waals surface area contributed by atoms with Gasteiger partial charge in [-0.25, -0.2) is 4.39 Å². The molecule has 1 N–H and O–H groups in total. The first-order chi connectivity index (χ1) is 10.9. The summed E-state index contributed by atoms with van der Waals surface area (Å²) >= 11 is 0. The van der Waals surface area contributed by atoms with Gasteiger partial charge in [-0.1, -0.05) is 18.2 Å². The third-order valence-electron chi connectivity index (χ3n) is 4.41. The Morgan fingerprint density at radius 2 is 1.87 bits per heavy atom. The van der Waals surface area contributed by atoms with Gasteiger partial charge < -0.3 is 9.64 Å². The van der Waals surface area contributed by atoms with Crippen LogP contribution in [0.1, 0.15) is 33.6 Å². The zero-order chi connectivity index (χ0) is 17.0. The van der Waals surface area contributed by atoms with E-state index in [2.05, 4.69) is 11.5 Å². The topological polar surface area (TPSA) is 36.3 Å². The number of rotatable bonds is 4. The Kier molecular flexibility index (Phi) is 5.59. The lowest BCUT2D eigenvalue weighted by atomic mass is 10.0. The molecule has 0 bridgehead atoms. The predicted octanol–water partition coefficient (Wildman–Crippen LogP) is 4.56. The van der Waals surface area contributed by atoms with Gasteiger partial charge in [0.2, 0.25) is 0 Å². The largest absolute Gasteiger partial charge is 0.490 e. The highest BCUT2D eigenvalue weighted by Gasteiger charge is 2.23. The molecule has 0 aromatic heterocycles. The van der Waals surface area contributed by atoms with Crippen LogP contribution in [-0.4, -0.2) is 29.9 Å². The molecule has 0 spiro atoms. The Bertz CT molecular complexity index is 628. The number of likely N-dealkylation sites (tertiary alicyclic amines) is 1. The number of halogens is 1. The van der Waals surface area contributed by atoms with Crippen molar-refractivity contribution < 1.29 is 9.13 Å². The van der Waals surface area contributed by atoms with Crippen molar-refractivity contribution in [1.29, 1.82) is 5.41 Å². The molecular weight excluding hydrogens is 291 g/mol. The van der Waals surface area contributed by atoms with Gasteiger partial charge >= 0.3 is 0 Å². The van der Waals surface area contributed by atoms with Crippen molar-refractivity contribution in [3.8, 4) is 5.75 Å². The van der Waals surface area contributed by atoms with Crippen LogP contribution < -0.4 is 4.74 Å². The first-order valence-electron chi connectivity index (χ1n) is 7.98. The Morgan fingerprint density at radius 1 is 1.22 bits per heavy atom. The van der Waals surface area contributed by atoms with Crippen molar-refractivity contribution >= 4 is 5.84 Å². The van der Waals surface area contributed by atoms with E-state index >= 15 is 0 Å². The van der Waals surface area contributed by atoms with Gasteiger partial charge in [-0.3, -0.25) is 5.41 Å². The quantitative estimate of drug-likeness (QED) is 0.502. The molecule has 1 aliphatic rings. The van der Waals surface area contributed by atoms with E-state index in [0.29, 0.717) is 11.6 Å². The second kappa shape index (κ2) is 7.44. The molecule has 3 nitrogen and oxygen atoms in total. The average molecular weight is 316 g/mol. The van der Waals surface area contributed by atoms with Crippen LogP contribution in [-0.2, 0) is 0 Å². The van der Waals surface area contributed by atoms with Gasteiger partial charge in [-0.15, -0.1) is 0 Å². The fourth-order valence-electron chi connectivity index (χ4n) is 2.66. The van der Waals surface area contributed by atoms with Crippen LogP contribution in [0.3, 0.4) is 0 Å². The lowest BCUT2D eigenvalue weighted by Gasteiger charge is -2.34. The molecule has 1 fully saturated rings. The minimum absolute atomic E-state index is 0.0763. The Morgan fingerprint density at radius 3 is 2.43 bits per heavy atom. The number of hydrogen-bond acceptors (Lipinski definition) is 2. The predicted molar refractivity (Wildman–Crippen MR) is 92.5 cm³/mol. The SMILES string of the molecule is C=C(C)/C(C)=C(/C)C(=N)N1CCC(Oc2cccc(F)c2)CC1. The Balaban J connectivity index is 1.92. The molecule has 23 heavy (non-hydrogen) atoms. The second-order valence-corrected chi connectivity index (χ2v) is 6.14. The van der Waals surface area contributed by atoms with Crippen molar-refractivity contribution in [2.75, 3.05) is 13.1 Å². The summed E-state index contributed by atoms with van der Waals surface area (Å²) in [5.74, 6) is 0.861. The molecule has 0 saturated carbocycles. The standard InChI is InChI=1S/C19H25FN2O/c1-13(2)14(3)15(4)19(21)22-10-8-17(9-11-22)23-18-7-5-6-16(20)12-18/h5-7,12,17,21H,1,8-11H2,2-4H3/b15-14-,21-19?. The maximum atomic E-state index is 13.2. The minimum Gasteiger partial charge on any atom is -0.490 e. The summed E-state index contributed by atoms with van der Waals surface area (Å²) in [6, 6.07) is 6.26. The van der Waals surface area contributed by atoms with Crippen LogP contribution in [0, 0.1) is 11.2 Å². The molecule has 1 aromatic carbocycles. The number of nitrogens with one attached hydrogen (secondary N) is 1. The van der Waals surface area contributed by atoms with Crippen LogP contribution in [0.2, 0.25) is 0 Å². The van der Waals surface area contributed by atoms with E-state index in [1.165, 1.54) is 12.1 Å². The average Bonchev–Trinajstić information content (AvgIpc) is 2.53. The minimum atomic E-state index is -0.280. The first kappa shape index (κ1) is 17.3. The Labute approximate surface area is 138 Å². The fraction of sp³-hybridized carbons (Fsp3) is 0.421. The molecule has 1 aromatic rings. The molecule has 4 heteroatoms. The monoisotopic (exact) mass is 316 g/mol. The van der Waals surface area contributed by atoms with Crippen LogP contribution in [0.4, 0.5) is 4.39 Å². The number of ether oxygens (including phenoxy) is 1. The van der Waals surface area contributed by atoms with E-state index in [4.69, 9.17) is 10.1 Å². The van der Waals surface area contributed by atoms with Gasteiger partial charge in [0.1, 0.15) is 23.5 Å². The smallest absolute Gasteiger partial charge is 0.126 e. The third-order valence-corrected chi connectivity index (χ3v) is 4.41. The van der Waals surface area contributed by atoms with Crippen LogP contribution in [0.15, 0.2) is 47.6 Å². The summed E-state index contributed by atoms with van der Waals surface area (Å²) in [4.78, 5) is 2.08. The maximum absolute atomic E-state index is 13.2. The molecule has 0 amide bonds. The van der Waals surface area contributed by atoms with Gasteiger partial charge in [-0.2, -0.15) is 0 Å². The molecule has 0 aliphatic carbocycles. The molecule has 1 saturated heterocycles.